The molecule has 0 bridgehead atoms. The number of halogens is 2. The molecule has 0 atom stereocenters. The van der Waals surface area contributed by atoms with Gasteiger partial charge in [-0.3, -0.25) is 0 Å². The molecular weight excluding hydrogens is 261 g/mol. The van der Waals surface area contributed by atoms with E-state index in [4.69, 9.17) is 11.6 Å². The number of aromatic nitrogens is 1. The second-order valence-electron chi connectivity index (χ2n) is 3.04. The van der Waals surface area contributed by atoms with E-state index in [0.717, 1.165) is 16.0 Å². The first-order valence-corrected chi connectivity index (χ1v) is 5.78. The summed E-state index contributed by atoms with van der Waals surface area (Å²) in [6, 6.07) is 9.87. The summed E-state index contributed by atoms with van der Waals surface area (Å²) in [5.41, 5.74) is 2.39. The largest absolute Gasteiger partial charge is 0.324 e. The normalized spacial score (nSPS) is 10.4. The van der Waals surface area contributed by atoms with Gasteiger partial charge in [0.15, 0.2) is 0 Å². The van der Waals surface area contributed by atoms with Crippen molar-refractivity contribution in [3.8, 4) is 5.69 Å². The van der Waals surface area contributed by atoms with Crippen molar-refractivity contribution in [2.75, 3.05) is 0 Å². The minimum atomic E-state index is 0.765. The lowest BCUT2D eigenvalue weighted by Crippen LogP contribution is -1.88. The molecule has 0 aliphatic rings. The zero-order valence-electron chi connectivity index (χ0n) is 7.45. The molecule has 0 unspecified atom stereocenters. The standard InChI is InChI=1S/C11H9BrClN/c12-7-9-5-6-14(8-9)11-3-1-10(13)2-4-11/h1-6,8H,7H2. The zero-order valence-corrected chi connectivity index (χ0v) is 9.79. The summed E-state index contributed by atoms with van der Waals surface area (Å²) in [6.45, 7) is 0. The van der Waals surface area contributed by atoms with Gasteiger partial charge < -0.3 is 4.57 Å². The Hall–Kier alpha value is -0.730. The highest BCUT2D eigenvalue weighted by Gasteiger charge is 1.97. The lowest BCUT2D eigenvalue weighted by atomic mass is 10.3. The smallest absolute Gasteiger partial charge is 0.0450 e. The predicted octanol–water partition coefficient (Wildman–Crippen LogP) is 4.03. The van der Waals surface area contributed by atoms with Gasteiger partial charge in [-0.15, -0.1) is 0 Å². The molecule has 0 aliphatic heterocycles. The first kappa shape index (κ1) is 9.81. The Morgan fingerprint density at radius 2 is 1.86 bits per heavy atom. The van der Waals surface area contributed by atoms with Crippen molar-refractivity contribution in [3.05, 3.63) is 53.3 Å². The van der Waals surface area contributed by atoms with Gasteiger partial charge in [0.2, 0.25) is 0 Å². The molecule has 0 radical (unpaired) electrons. The van der Waals surface area contributed by atoms with Gasteiger partial charge in [-0.2, -0.15) is 0 Å². The van der Waals surface area contributed by atoms with Gasteiger partial charge in [-0.05, 0) is 35.9 Å². The predicted molar refractivity (Wildman–Crippen MR) is 63.4 cm³/mol. The number of alkyl halides is 1. The van der Waals surface area contributed by atoms with E-state index >= 15 is 0 Å². The summed E-state index contributed by atoms with van der Waals surface area (Å²) in [4.78, 5) is 0. The third-order valence-corrected chi connectivity index (χ3v) is 2.93. The van der Waals surface area contributed by atoms with Crippen molar-refractivity contribution >= 4 is 27.5 Å². The highest BCUT2D eigenvalue weighted by molar-refractivity contribution is 9.08. The Morgan fingerprint density at radius 3 is 2.43 bits per heavy atom. The van der Waals surface area contributed by atoms with Crippen molar-refractivity contribution < 1.29 is 0 Å². The molecule has 0 aliphatic carbocycles. The van der Waals surface area contributed by atoms with Crippen LogP contribution in [-0.2, 0) is 5.33 Å². The van der Waals surface area contributed by atoms with Crippen molar-refractivity contribution in [3.63, 3.8) is 0 Å². The van der Waals surface area contributed by atoms with Crippen molar-refractivity contribution in [2.24, 2.45) is 0 Å². The minimum Gasteiger partial charge on any atom is -0.324 e. The van der Waals surface area contributed by atoms with E-state index in [2.05, 4.69) is 32.8 Å². The van der Waals surface area contributed by atoms with Crippen LogP contribution in [-0.4, -0.2) is 4.57 Å². The van der Waals surface area contributed by atoms with E-state index in [-0.39, 0.29) is 0 Å². The molecule has 0 amide bonds. The van der Waals surface area contributed by atoms with E-state index < -0.39 is 0 Å². The van der Waals surface area contributed by atoms with Crippen molar-refractivity contribution in [2.45, 2.75) is 5.33 Å². The van der Waals surface area contributed by atoms with Crippen LogP contribution >= 0.6 is 27.5 Å². The molecule has 1 heterocycles. The van der Waals surface area contributed by atoms with Crippen LogP contribution < -0.4 is 0 Å². The Balaban J connectivity index is 2.34. The zero-order chi connectivity index (χ0) is 9.97. The maximum Gasteiger partial charge on any atom is 0.0450 e. The number of hydrogen-bond acceptors (Lipinski definition) is 0. The second-order valence-corrected chi connectivity index (χ2v) is 4.03. The van der Waals surface area contributed by atoms with E-state index in [0.29, 0.717) is 0 Å². The SMILES string of the molecule is Clc1ccc(-n2ccc(CBr)c2)cc1. The average molecular weight is 271 g/mol. The lowest BCUT2D eigenvalue weighted by molar-refractivity contribution is 1.07. The van der Waals surface area contributed by atoms with Gasteiger partial charge >= 0.3 is 0 Å². The maximum absolute atomic E-state index is 5.81. The first-order chi connectivity index (χ1) is 6.79. The molecule has 0 fully saturated rings. The number of nitrogens with zero attached hydrogens (tertiary/aromatic N) is 1. The van der Waals surface area contributed by atoms with Crippen LogP contribution in [0.1, 0.15) is 5.56 Å². The Labute approximate surface area is 96.4 Å². The summed E-state index contributed by atoms with van der Waals surface area (Å²) >= 11 is 9.24. The van der Waals surface area contributed by atoms with Gasteiger partial charge in [-0.1, -0.05) is 27.5 Å². The van der Waals surface area contributed by atoms with Gasteiger partial charge in [0.05, 0.1) is 0 Å². The lowest BCUT2D eigenvalue weighted by Gasteiger charge is -2.01. The fraction of sp³-hybridized carbons (Fsp3) is 0.0909. The van der Waals surface area contributed by atoms with Crippen LogP contribution in [0.3, 0.4) is 0 Å². The third kappa shape index (κ3) is 2.02. The van der Waals surface area contributed by atoms with Crippen LogP contribution in [0, 0.1) is 0 Å². The quantitative estimate of drug-likeness (QED) is 0.726. The van der Waals surface area contributed by atoms with Gasteiger partial charge in [0.25, 0.3) is 0 Å². The molecule has 2 aromatic rings. The van der Waals surface area contributed by atoms with Crippen LogP contribution in [0.15, 0.2) is 42.7 Å². The third-order valence-electron chi connectivity index (χ3n) is 2.03. The Kier molecular flexibility index (Phi) is 2.94. The van der Waals surface area contributed by atoms with Crippen LogP contribution in [0.2, 0.25) is 5.02 Å². The van der Waals surface area contributed by atoms with Crippen LogP contribution in [0.5, 0.6) is 0 Å². The fourth-order valence-electron chi connectivity index (χ4n) is 1.29. The molecule has 1 aromatic heterocycles. The first-order valence-electron chi connectivity index (χ1n) is 4.28. The summed E-state index contributed by atoms with van der Waals surface area (Å²) in [5.74, 6) is 0. The minimum absolute atomic E-state index is 0.765. The van der Waals surface area contributed by atoms with Crippen LogP contribution in [0.25, 0.3) is 5.69 Å². The summed E-state index contributed by atoms with van der Waals surface area (Å²) < 4.78 is 2.08. The molecule has 0 saturated heterocycles. The van der Waals surface area contributed by atoms with Gasteiger partial charge in [0.1, 0.15) is 0 Å². The highest BCUT2D eigenvalue weighted by atomic mass is 79.9. The van der Waals surface area contributed by atoms with E-state index in [1.807, 2.05) is 30.5 Å². The number of benzene rings is 1. The Morgan fingerprint density at radius 1 is 1.14 bits per heavy atom. The monoisotopic (exact) mass is 269 g/mol. The molecular formula is C11H9BrClN. The molecule has 2 rings (SSSR count). The number of rotatable bonds is 2. The molecule has 3 heteroatoms. The van der Waals surface area contributed by atoms with Crippen molar-refractivity contribution in [1.82, 2.24) is 4.57 Å². The molecule has 0 spiro atoms. The highest BCUT2D eigenvalue weighted by Crippen LogP contribution is 2.15. The second kappa shape index (κ2) is 4.20. The molecule has 1 nitrogen and oxygen atoms in total. The number of hydrogen-bond donors (Lipinski definition) is 0. The topological polar surface area (TPSA) is 4.93 Å². The molecule has 0 N–H and O–H groups in total. The molecule has 14 heavy (non-hydrogen) atoms. The Bertz CT molecular complexity index is 419. The van der Waals surface area contributed by atoms with Gasteiger partial charge in [0, 0.05) is 28.4 Å². The maximum atomic E-state index is 5.81. The fourth-order valence-corrected chi connectivity index (χ4v) is 1.75. The van der Waals surface area contributed by atoms with Gasteiger partial charge in [-0.25, -0.2) is 0 Å². The van der Waals surface area contributed by atoms with E-state index in [1.165, 1.54) is 5.56 Å². The van der Waals surface area contributed by atoms with Crippen molar-refractivity contribution in [1.29, 1.82) is 0 Å². The van der Waals surface area contributed by atoms with E-state index in [9.17, 15) is 0 Å². The summed E-state index contributed by atoms with van der Waals surface area (Å²) in [5, 5.41) is 1.65. The van der Waals surface area contributed by atoms with E-state index in [1.54, 1.807) is 0 Å². The molecule has 72 valence electrons. The summed E-state index contributed by atoms with van der Waals surface area (Å²) in [6.07, 6.45) is 4.14. The molecule has 0 saturated carbocycles. The molecule has 1 aromatic carbocycles. The van der Waals surface area contributed by atoms with Crippen LogP contribution in [0.4, 0.5) is 0 Å². The average Bonchev–Trinajstić information content (AvgIpc) is 2.67. The summed E-state index contributed by atoms with van der Waals surface area (Å²) in [7, 11) is 0.